The van der Waals surface area contributed by atoms with E-state index in [1.807, 2.05) is 12.1 Å². The van der Waals surface area contributed by atoms with Crippen molar-refractivity contribution in [2.45, 2.75) is 25.2 Å². The molecule has 1 aromatic heterocycles. The smallest absolute Gasteiger partial charge is 0.189 e. The minimum atomic E-state index is -1.61. The Labute approximate surface area is 135 Å². The van der Waals surface area contributed by atoms with Crippen LogP contribution in [-0.2, 0) is 0 Å². The minimum absolute atomic E-state index is 0.0639. The summed E-state index contributed by atoms with van der Waals surface area (Å²) in [7, 11) is 0. The molecular formula is C18H15N5. The first-order valence-electron chi connectivity index (χ1n) is 7.60. The average molecular weight is 301 g/mol. The highest BCUT2D eigenvalue weighted by Crippen LogP contribution is 2.54. The van der Waals surface area contributed by atoms with Gasteiger partial charge in [-0.2, -0.15) is 15.8 Å². The van der Waals surface area contributed by atoms with Crippen molar-refractivity contribution >= 4 is 5.71 Å². The largest absolute Gasteiger partial charge is 0.305 e. The fourth-order valence-electron chi connectivity index (χ4n) is 3.95. The first kappa shape index (κ1) is 14.9. The van der Waals surface area contributed by atoms with E-state index in [0.717, 1.165) is 30.4 Å². The number of hydrogen-bond donors (Lipinski definition) is 1. The van der Waals surface area contributed by atoms with E-state index in [-0.39, 0.29) is 11.6 Å². The zero-order valence-corrected chi connectivity index (χ0v) is 12.5. The number of nitrogens with one attached hydrogen (secondary N) is 1. The highest BCUT2D eigenvalue weighted by molar-refractivity contribution is 6.00. The average Bonchev–Trinajstić information content (AvgIpc) is 2.61. The maximum atomic E-state index is 9.78. The molecule has 1 heterocycles. The summed E-state index contributed by atoms with van der Waals surface area (Å²) in [5.74, 6) is -1.28. The van der Waals surface area contributed by atoms with Crippen molar-refractivity contribution in [2.75, 3.05) is 0 Å². The van der Waals surface area contributed by atoms with Gasteiger partial charge in [0, 0.05) is 18.3 Å². The number of pyridine rings is 1. The van der Waals surface area contributed by atoms with Crippen LogP contribution >= 0.6 is 0 Å². The predicted octanol–water partition coefficient (Wildman–Crippen LogP) is 3.10. The molecule has 2 aliphatic rings. The van der Waals surface area contributed by atoms with E-state index < -0.39 is 17.3 Å². The van der Waals surface area contributed by atoms with Crippen LogP contribution in [0.1, 0.15) is 30.7 Å². The third kappa shape index (κ3) is 2.04. The summed E-state index contributed by atoms with van der Waals surface area (Å²) in [6, 6.07) is 9.91. The van der Waals surface area contributed by atoms with E-state index in [1.165, 1.54) is 0 Å². The Morgan fingerprint density at radius 1 is 1.26 bits per heavy atom. The number of fused-ring (bicyclic) bond motifs is 1. The molecule has 0 unspecified atom stereocenters. The van der Waals surface area contributed by atoms with Gasteiger partial charge in [-0.1, -0.05) is 12.1 Å². The van der Waals surface area contributed by atoms with Crippen LogP contribution in [0.3, 0.4) is 0 Å². The molecule has 23 heavy (non-hydrogen) atoms. The summed E-state index contributed by atoms with van der Waals surface area (Å²) < 4.78 is 0. The van der Waals surface area contributed by atoms with Gasteiger partial charge in [0.1, 0.15) is 5.92 Å². The second kappa shape index (κ2) is 5.67. The topological polar surface area (TPSA) is 108 Å². The summed E-state index contributed by atoms with van der Waals surface area (Å²) >= 11 is 0. The van der Waals surface area contributed by atoms with Gasteiger partial charge in [0.25, 0.3) is 0 Å². The van der Waals surface area contributed by atoms with E-state index in [2.05, 4.69) is 23.2 Å². The molecule has 1 N–H and O–H groups in total. The van der Waals surface area contributed by atoms with Crippen LogP contribution in [0.5, 0.6) is 0 Å². The Morgan fingerprint density at radius 2 is 2.04 bits per heavy atom. The molecule has 5 nitrogen and oxygen atoms in total. The summed E-state index contributed by atoms with van der Waals surface area (Å²) in [6.07, 6.45) is 8.00. The van der Waals surface area contributed by atoms with E-state index in [0.29, 0.717) is 0 Å². The Morgan fingerprint density at radius 3 is 2.65 bits per heavy atom. The molecule has 1 saturated carbocycles. The van der Waals surface area contributed by atoms with Gasteiger partial charge in [-0.15, -0.1) is 0 Å². The number of nitriles is 3. The lowest BCUT2D eigenvalue weighted by atomic mass is 9.53. The zero-order valence-electron chi connectivity index (χ0n) is 12.5. The number of allylic oxidation sites excluding steroid dienone is 2. The van der Waals surface area contributed by atoms with Crippen LogP contribution < -0.4 is 0 Å². The maximum absolute atomic E-state index is 9.78. The van der Waals surface area contributed by atoms with Gasteiger partial charge in [0.05, 0.1) is 23.9 Å². The van der Waals surface area contributed by atoms with Gasteiger partial charge in [0.15, 0.2) is 5.41 Å². The van der Waals surface area contributed by atoms with Crippen molar-refractivity contribution in [3.8, 4) is 18.2 Å². The SMILES string of the molecule is N#C[C@H]1C(=N)C(C#N)(C#N)[C@@H](c2cccnc2)[C@@H]2CCCC=C12. The van der Waals surface area contributed by atoms with Crippen LogP contribution in [0.15, 0.2) is 36.2 Å². The highest BCUT2D eigenvalue weighted by Gasteiger charge is 2.57. The molecule has 112 valence electrons. The van der Waals surface area contributed by atoms with Gasteiger partial charge in [-0.05, 0) is 42.4 Å². The number of hydrogen-bond acceptors (Lipinski definition) is 5. The monoisotopic (exact) mass is 301 g/mol. The second-order valence-corrected chi connectivity index (χ2v) is 6.01. The van der Waals surface area contributed by atoms with Gasteiger partial charge in [0.2, 0.25) is 0 Å². The van der Waals surface area contributed by atoms with Crippen molar-refractivity contribution in [3.63, 3.8) is 0 Å². The number of rotatable bonds is 1. The molecule has 2 aliphatic carbocycles. The summed E-state index contributed by atoms with van der Waals surface area (Å²) in [5, 5.41) is 37.5. The van der Waals surface area contributed by atoms with Crippen molar-refractivity contribution in [3.05, 3.63) is 41.7 Å². The second-order valence-electron chi connectivity index (χ2n) is 6.01. The Hall–Kier alpha value is -2.97. The van der Waals surface area contributed by atoms with Crippen molar-refractivity contribution in [2.24, 2.45) is 17.3 Å². The molecule has 0 radical (unpaired) electrons. The molecule has 0 amide bonds. The molecule has 1 fully saturated rings. The van der Waals surface area contributed by atoms with Crippen LogP contribution in [0, 0.1) is 56.7 Å². The van der Waals surface area contributed by atoms with Gasteiger partial charge in [-0.3, -0.25) is 4.98 Å². The normalized spacial score (nSPS) is 28.5. The van der Waals surface area contributed by atoms with Crippen molar-refractivity contribution in [1.29, 1.82) is 21.2 Å². The first-order chi connectivity index (χ1) is 11.2. The molecular weight excluding hydrogens is 286 g/mol. The standard InChI is InChI=1S/C18H15N5/c19-8-15-13-5-1-2-6-14(13)16(12-4-3-7-23-9-12)18(10-20,11-21)17(15)22/h3-5,7,9,14-16,22H,1-2,6H2/t14-,15-,16+/m1/s1. The quantitative estimate of drug-likeness (QED) is 0.804. The van der Waals surface area contributed by atoms with Crippen LogP contribution in [-0.4, -0.2) is 10.7 Å². The Bertz CT molecular complexity index is 773. The van der Waals surface area contributed by atoms with Crippen LogP contribution in [0.2, 0.25) is 0 Å². The summed E-state index contributed by atoms with van der Waals surface area (Å²) in [5.41, 5.74) is -0.0144. The fraction of sp³-hybridized carbons (Fsp3) is 0.389. The number of aromatic nitrogens is 1. The van der Waals surface area contributed by atoms with Crippen molar-refractivity contribution in [1.82, 2.24) is 4.98 Å². The molecule has 0 saturated heterocycles. The molecule has 1 aromatic rings. The lowest BCUT2D eigenvalue weighted by molar-refractivity contribution is 0.320. The lowest BCUT2D eigenvalue weighted by Gasteiger charge is -2.45. The van der Waals surface area contributed by atoms with Gasteiger partial charge in [-0.25, -0.2) is 0 Å². The Balaban J connectivity index is 2.26. The molecule has 0 bridgehead atoms. The van der Waals surface area contributed by atoms with E-state index in [9.17, 15) is 15.8 Å². The summed E-state index contributed by atoms with van der Waals surface area (Å²) in [6.45, 7) is 0. The highest BCUT2D eigenvalue weighted by atomic mass is 14.7. The molecule has 0 aliphatic heterocycles. The van der Waals surface area contributed by atoms with E-state index >= 15 is 0 Å². The third-order valence-electron chi connectivity index (χ3n) is 4.97. The predicted molar refractivity (Wildman–Crippen MR) is 82.9 cm³/mol. The van der Waals surface area contributed by atoms with Crippen LogP contribution in [0.25, 0.3) is 0 Å². The first-order valence-corrected chi connectivity index (χ1v) is 7.60. The summed E-state index contributed by atoms with van der Waals surface area (Å²) in [4.78, 5) is 4.12. The Kier molecular flexibility index (Phi) is 3.68. The van der Waals surface area contributed by atoms with Gasteiger partial charge >= 0.3 is 0 Å². The molecule has 5 heteroatoms. The third-order valence-corrected chi connectivity index (χ3v) is 4.97. The van der Waals surface area contributed by atoms with Gasteiger partial charge < -0.3 is 5.41 Å². The van der Waals surface area contributed by atoms with Crippen molar-refractivity contribution < 1.29 is 0 Å². The minimum Gasteiger partial charge on any atom is -0.305 e. The molecule has 0 spiro atoms. The van der Waals surface area contributed by atoms with Crippen LogP contribution in [0.4, 0.5) is 0 Å². The number of nitrogens with zero attached hydrogens (tertiary/aromatic N) is 4. The fourth-order valence-corrected chi connectivity index (χ4v) is 3.95. The molecule has 3 rings (SSSR count). The lowest BCUT2D eigenvalue weighted by Crippen LogP contribution is -2.48. The van der Waals surface area contributed by atoms with E-state index in [4.69, 9.17) is 5.41 Å². The maximum Gasteiger partial charge on any atom is 0.189 e. The van der Waals surface area contributed by atoms with E-state index in [1.54, 1.807) is 18.5 Å². The molecule has 3 atom stereocenters. The zero-order chi connectivity index (χ0) is 16.4. The molecule has 0 aromatic carbocycles.